The second-order valence-corrected chi connectivity index (χ2v) is 8.42. The molecule has 0 bridgehead atoms. The maximum absolute atomic E-state index is 13.3. The average Bonchev–Trinajstić information content (AvgIpc) is 3.33. The molecule has 2 heterocycles. The Hall–Kier alpha value is -2.86. The third-order valence-electron chi connectivity index (χ3n) is 6.86. The molecule has 1 amide bonds. The molecular weight excluding hydrogens is 376 g/mol. The van der Waals surface area contributed by atoms with Crippen LogP contribution in [0.1, 0.15) is 42.5 Å². The normalized spacial score (nSPS) is 19.8. The average molecular weight is 405 g/mol. The number of aromatic nitrogens is 2. The molecule has 1 aliphatic carbocycles. The molecule has 0 radical (unpaired) electrons. The Morgan fingerprint density at radius 2 is 1.70 bits per heavy atom. The molecule has 0 spiro atoms. The van der Waals surface area contributed by atoms with Crippen molar-refractivity contribution in [3.8, 4) is 0 Å². The molecule has 1 unspecified atom stereocenters. The van der Waals surface area contributed by atoms with Crippen molar-refractivity contribution in [2.75, 3.05) is 20.1 Å². The minimum Gasteiger partial charge on any atom is -0.358 e. The van der Waals surface area contributed by atoms with Crippen molar-refractivity contribution in [1.29, 1.82) is 0 Å². The summed E-state index contributed by atoms with van der Waals surface area (Å²) in [6, 6.07) is 17.3. The lowest BCUT2D eigenvalue weighted by Crippen LogP contribution is -2.39. The minimum absolute atomic E-state index is 0.0561. The summed E-state index contributed by atoms with van der Waals surface area (Å²) in [6.07, 6.45) is 4.25. The van der Waals surface area contributed by atoms with Gasteiger partial charge >= 0.3 is 5.69 Å². The van der Waals surface area contributed by atoms with Crippen LogP contribution in [0.15, 0.2) is 53.3 Å². The highest BCUT2D eigenvalue weighted by atomic mass is 16.2. The van der Waals surface area contributed by atoms with Crippen molar-refractivity contribution in [3.05, 3.63) is 70.1 Å². The summed E-state index contributed by atoms with van der Waals surface area (Å²) in [6.45, 7) is 2.04. The Morgan fingerprint density at radius 1 is 1.00 bits per heavy atom. The number of rotatable bonds is 4. The number of carbonyl (C=O) groups excluding carboxylic acids is 1. The number of likely N-dealkylation sites (tertiary alicyclic amines) is 1. The van der Waals surface area contributed by atoms with E-state index in [0.717, 1.165) is 43.4 Å². The lowest BCUT2D eigenvalue weighted by atomic mass is 10.00. The Balaban J connectivity index is 1.40. The SMILES string of the molecule is CNC(=O)Cn1c(=O)n(C2CCN(C3CCc4ccccc43)CC2)c2ccccc21. The van der Waals surface area contributed by atoms with Crippen LogP contribution >= 0.6 is 0 Å². The summed E-state index contributed by atoms with van der Waals surface area (Å²) in [7, 11) is 1.60. The molecule has 1 aliphatic heterocycles. The van der Waals surface area contributed by atoms with E-state index < -0.39 is 0 Å². The predicted octanol–water partition coefficient (Wildman–Crippen LogP) is 2.87. The topological polar surface area (TPSA) is 59.3 Å². The quantitative estimate of drug-likeness (QED) is 0.727. The van der Waals surface area contributed by atoms with E-state index >= 15 is 0 Å². The molecule has 2 aromatic carbocycles. The van der Waals surface area contributed by atoms with Crippen molar-refractivity contribution in [2.45, 2.75) is 44.3 Å². The molecule has 1 atom stereocenters. The number of carbonyl (C=O) groups is 1. The maximum Gasteiger partial charge on any atom is 0.329 e. The third-order valence-corrected chi connectivity index (χ3v) is 6.86. The van der Waals surface area contributed by atoms with E-state index in [0.29, 0.717) is 6.04 Å². The fourth-order valence-corrected chi connectivity index (χ4v) is 5.33. The smallest absolute Gasteiger partial charge is 0.329 e. The summed E-state index contributed by atoms with van der Waals surface area (Å²) >= 11 is 0. The first kappa shape index (κ1) is 19.1. The lowest BCUT2D eigenvalue weighted by molar-refractivity contribution is -0.121. The van der Waals surface area contributed by atoms with Gasteiger partial charge in [0.2, 0.25) is 5.91 Å². The monoisotopic (exact) mass is 404 g/mol. The van der Waals surface area contributed by atoms with Crippen LogP contribution in [0, 0.1) is 0 Å². The molecule has 30 heavy (non-hydrogen) atoms. The highest BCUT2D eigenvalue weighted by Crippen LogP contribution is 2.38. The zero-order chi connectivity index (χ0) is 20.7. The van der Waals surface area contributed by atoms with Crippen LogP contribution in [-0.2, 0) is 17.8 Å². The predicted molar refractivity (Wildman–Crippen MR) is 118 cm³/mol. The van der Waals surface area contributed by atoms with Crippen LogP contribution in [0.4, 0.5) is 0 Å². The van der Waals surface area contributed by atoms with Crippen molar-refractivity contribution < 1.29 is 4.79 Å². The van der Waals surface area contributed by atoms with Gasteiger partial charge in [0.05, 0.1) is 11.0 Å². The zero-order valence-corrected chi connectivity index (χ0v) is 17.4. The Bertz CT molecular complexity index is 1140. The van der Waals surface area contributed by atoms with E-state index in [1.165, 1.54) is 17.5 Å². The summed E-state index contributed by atoms with van der Waals surface area (Å²) in [5, 5.41) is 2.62. The van der Waals surface area contributed by atoms with Gasteiger partial charge < -0.3 is 5.32 Å². The number of imidazole rings is 1. The molecule has 1 N–H and O–H groups in total. The second kappa shape index (κ2) is 7.76. The first-order valence-corrected chi connectivity index (χ1v) is 10.9. The molecule has 0 saturated carbocycles. The highest BCUT2D eigenvalue weighted by Gasteiger charge is 2.32. The molecule has 156 valence electrons. The standard InChI is InChI=1S/C24H28N4O2/c1-25-23(29)16-27-21-8-4-5-9-22(21)28(24(27)30)18-12-14-26(15-13-18)20-11-10-17-6-2-3-7-19(17)20/h2-9,18,20H,10-16H2,1H3,(H,25,29). The van der Waals surface area contributed by atoms with Gasteiger partial charge in [0.1, 0.15) is 6.54 Å². The first-order valence-electron chi connectivity index (χ1n) is 10.9. The summed E-state index contributed by atoms with van der Waals surface area (Å²) in [5.74, 6) is -0.158. The van der Waals surface area contributed by atoms with Gasteiger partial charge in [-0.3, -0.25) is 18.8 Å². The molecule has 1 aromatic heterocycles. The van der Waals surface area contributed by atoms with Gasteiger partial charge in [-0.1, -0.05) is 36.4 Å². The molecule has 1 saturated heterocycles. The van der Waals surface area contributed by atoms with E-state index in [1.807, 2.05) is 28.8 Å². The number of nitrogens with one attached hydrogen (secondary N) is 1. The lowest BCUT2D eigenvalue weighted by Gasteiger charge is -2.36. The Kier molecular flexibility index (Phi) is 4.95. The van der Waals surface area contributed by atoms with E-state index in [1.54, 1.807) is 11.6 Å². The van der Waals surface area contributed by atoms with Crippen LogP contribution < -0.4 is 11.0 Å². The highest BCUT2D eigenvalue weighted by molar-refractivity contribution is 5.80. The van der Waals surface area contributed by atoms with E-state index in [9.17, 15) is 9.59 Å². The summed E-state index contributed by atoms with van der Waals surface area (Å²) in [5.41, 5.74) is 4.65. The number of likely N-dealkylation sites (N-methyl/N-ethyl adjacent to an activating group) is 1. The van der Waals surface area contributed by atoms with Gasteiger partial charge in [-0.2, -0.15) is 0 Å². The van der Waals surface area contributed by atoms with Crippen LogP contribution in [0.2, 0.25) is 0 Å². The fraction of sp³-hybridized carbons (Fsp3) is 0.417. The number of para-hydroxylation sites is 2. The van der Waals surface area contributed by atoms with E-state index in [2.05, 4.69) is 34.5 Å². The van der Waals surface area contributed by atoms with Crippen LogP contribution in [0.25, 0.3) is 11.0 Å². The zero-order valence-electron chi connectivity index (χ0n) is 17.4. The van der Waals surface area contributed by atoms with Crippen molar-refractivity contribution in [1.82, 2.24) is 19.4 Å². The number of hydrogen-bond donors (Lipinski definition) is 1. The van der Waals surface area contributed by atoms with E-state index in [4.69, 9.17) is 0 Å². The number of fused-ring (bicyclic) bond motifs is 2. The molecule has 3 aromatic rings. The number of piperidine rings is 1. The van der Waals surface area contributed by atoms with Crippen LogP contribution in [0.5, 0.6) is 0 Å². The second-order valence-electron chi connectivity index (χ2n) is 8.42. The van der Waals surface area contributed by atoms with Crippen LogP contribution in [0.3, 0.4) is 0 Å². The van der Waals surface area contributed by atoms with Crippen molar-refractivity contribution in [2.24, 2.45) is 0 Å². The van der Waals surface area contributed by atoms with Gasteiger partial charge in [0.15, 0.2) is 0 Å². The molecular formula is C24H28N4O2. The molecule has 1 fully saturated rings. The largest absolute Gasteiger partial charge is 0.358 e. The summed E-state index contributed by atoms with van der Waals surface area (Å²) in [4.78, 5) is 27.8. The van der Waals surface area contributed by atoms with E-state index in [-0.39, 0.29) is 24.2 Å². The van der Waals surface area contributed by atoms with Crippen molar-refractivity contribution >= 4 is 16.9 Å². The van der Waals surface area contributed by atoms with Gasteiger partial charge in [0, 0.05) is 32.2 Å². The number of aryl methyl sites for hydroxylation is 1. The van der Waals surface area contributed by atoms with Crippen molar-refractivity contribution in [3.63, 3.8) is 0 Å². The molecule has 6 nitrogen and oxygen atoms in total. The van der Waals surface area contributed by atoms with Crippen LogP contribution in [-0.4, -0.2) is 40.1 Å². The number of nitrogens with zero attached hydrogens (tertiary/aromatic N) is 3. The van der Waals surface area contributed by atoms with Gasteiger partial charge in [-0.15, -0.1) is 0 Å². The molecule has 2 aliphatic rings. The minimum atomic E-state index is -0.158. The van der Waals surface area contributed by atoms with Gasteiger partial charge in [-0.05, 0) is 48.9 Å². The summed E-state index contributed by atoms with van der Waals surface area (Å²) < 4.78 is 3.53. The number of hydrogen-bond acceptors (Lipinski definition) is 3. The molecule has 6 heteroatoms. The fourth-order valence-electron chi connectivity index (χ4n) is 5.33. The Morgan fingerprint density at radius 3 is 2.47 bits per heavy atom. The van der Waals surface area contributed by atoms with Gasteiger partial charge in [0.25, 0.3) is 0 Å². The molecule has 5 rings (SSSR count). The Labute approximate surface area is 176 Å². The van der Waals surface area contributed by atoms with Gasteiger partial charge in [-0.25, -0.2) is 4.79 Å². The number of benzene rings is 2. The first-order chi connectivity index (χ1) is 14.7. The maximum atomic E-state index is 13.3. The number of amides is 1. The third kappa shape index (κ3) is 3.16.